The number of hydrogen-bond acceptors (Lipinski definition) is 3. The van der Waals surface area contributed by atoms with E-state index in [9.17, 15) is 14.4 Å². The zero-order valence-corrected chi connectivity index (χ0v) is 16.5. The Hall–Kier alpha value is -3.64. The number of rotatable bonds is 4. The van der Waals surface area contributed by atoms with E-state index in [2.05, 4.69) is 0 Å². The predicted octanol–water partition coefficient (Wildman–Crippen LogP) is 3.74. The van der Waals surface area contributed by atoms with Gasteiger partial charge in [-0.2, -0.15) is 0 Å². The average molecular weight is 418 g/mol. The highest BCUT2D eigenvalue weighted by molar-refractivity contribution is 6.31. The van der Waals surface area contributed by atoms with E-state index in [1.54, 1.807) is 51.6 Å². The van der Waals surface area contributed by atoms with Crippen molar-refractivity contribution in [2.24, 2.45) is 0 Å². The van der Waals surface area contributed by atoms with Crippen LogP contribution in [-0.4, -0.2) is 32.4 Å². The highest BCUT2D eigenvalue weighted by Gasteiger charge is 2.34. The fourth-order valence-corrected chi connectivity index (χ4v) is 4.08. The Morgan fingerprint density at radius 1 is 0.700 bits per heavy atom. The van der Waals surface area contributed by atoms with Gasteiger partial charge in [-0.25, -0.2) is 4.79 Å². The molecule has 148 valence electrons. The number of imidazole rings is 1. The molecule has 5 rings (SSSR count). The van der Waals surface area contributed by atoms with Crippen LogP contribution in [0.3, 0.4) is 0 Å². The van der Waals surface area contributed by atoms with E-state index in [-0.39, 0.29) is 30.6 Å². The molecule has 4 aromatic rings. The van der Waals surface area contributed by atoms with Crippen molar-refractivity contribution in [3.8, 4) is 5.69 Å². The summed E-state index contributed by atoms with van der Waals surface area (Å²) in [6, 6.07) is 21.3. The minimum Gasteiger partial charge on any atom is -0.290 e. The van der Waals surface area contributed by atoms with Gasteiger partial charge in [0.05, 0.1) is 27.8 Å². The van der Waals surface area contributed by atoms with Gasteiger partial charge in [0.1, 0.15) is 0 Å². The summed E-state index contributed by atoms with van der Waals surface area (Å²) >= 11 is 6.19. The van der Waals surface area contributed by atoms with Crippen LogP contribution in [0.2, 0.25) is 5.02 Å². The average Bonchev–Trinajstić information content (AvgIpc) is 3.17. The Bertz CT molecular complexity index is 1340. The van der Waals surface area contributed by atoms with Crippen molar-refractivity contribution in [1.82, 2.24) is 14.0 Å². The summed E-state index contributed by atoms with van der Waals surface area (Å²) in [5, 5.41) is 0.518. The third-order valence-electron chi connectivity index (χ3n) is 5.33. The second-order valence-corrected chi connectivity index (χ2v) is 7.48. The summed E-state index contributed by atoms with van der Waals surface area (Å²) in [6.45, 7) is 0.283. The number of para-hydroxylation sites is 1. The lowest BCUT2D eigenvalue weighted by molar-refractivity contribution is 0.0649. The first kappa shape index (κ1) is 18.4. The number of amides is 2. The molecule has 2 amide bonds. The van der Waals surface area contributed by atoms with Gasteiger partial charge in [0.25, 0.3) is 11.8 Å². The lowest BCUT2D eigenvalue weighted by Crippen LogP contribution is -2.35. The van der Waals surface area contributed by atoms with Crippen molar-refractivity contribution in [3.63, 3.8) is 0 Å². The first-order valence-corrected chi connectivity index (χ1v) is 9.85. The van der Waals surface area contributed by atoms with E-state index in [0.717, 1.165) is 0 Å². The summed E-state index contributed by atoms with van der Waals surface area (Å²) in [5.74, 6) is -0.669. The second-order valence-electron chi connectivity index (χ2n) is 7.05. The molecule has 0 saturated carbocycles. The molecule has 0 unspecified atom stereocenters. The van der Waals surface area contributed by atoms with Gasteiger partial charge in [-0.3, -0.25) is 23.6 Å². The van der Waals surface area contributed by atoms with Crippen molar-refractivity contribution in [2.75, 3.05) is 6.54 Å². The van der Waals surface area contributed by atoms with E-state index < -0.39 is 0 Å². The topological polar surface area (TPSA) is 64.3 Å². The van der Waals surface area contributed by atoms with Gasteiger partial charge in [-0.15, -0.1) is 0 Å². The zero-order valence-electron chi connectivity index (χ0n) is 15.8. The highest BCUT2D eigenvalue weighted by atomic mass is 35.5. The molecule has 0 radical (unpaired) electrons. The maximum absolute atomic E-state index is 13.3. The van der Waals surface area contributed by atoms with E-state index in [1.165, 1.54) is 4.90 Å². The maximum Gasteiger partial charge on any atom is 0.333 e. The van der Waals surface area contributed by atoms with Crippen LogP contribution in [0.1, 0.15) is 20.7 Å². The SMILES string of the molecule is O=C1c2ccccc2C(=O)N1CCn1c(=O)n(-c2ccccc2)c2cc(Cl)ccc21. The molecule has 0 aliphatic carbocycles. The number of nitrogens with zero attached hydrogens (tertiary/aromatic N) is 3. The van der Waals surface area contributed by atoms with Gasteiger partial charge in [-0.1, -0.05) is 41.9 Å². The van der Waals surface area contributed by atoms with Crippen LogP contribution in [0, 0.1) is 0 Å². The molecule has 0 fully saturated rings. The summed E-state index contributed by atoms with van der Waals surface area (Å²) in [6.07, 6.45) is 0. The van der Waals surface area contributed by atoms with E-state index >= 15 is 0 Å². The van der Waals surface area contributed by atoms with Gasteiger partial charge in [0, 0.05) is 18.1 Å². The lowest BCUT2D eigenvalue weighted by Gasteiger charge is -2.14. The molecule has 0 saturated heterocycles. The molecule has 3 aromatic carbocycles. The largest absolute Gasteiger partial charge is 0.333 e. The lowest BCUT2D eigenvalue weighted by atomic mass is 10.1. The molecule has 0 N–H and O–H groups in total. The van der Waals surface area contributed by atoms with E-state index in [4.69, 9.17) is 11.6 Å². The molecule has 1 aromatic heterocycles. The van der Waals surface area contributed by atoms with Gasteiger partial charge >= 0.3 is 5.69 Å². The number of fused-ring (bicyclic) bond motifs is 2. The normalized spacial score (nSPS) is 13.3. The molecule has 30 heavy (non-hydrogen) atoms. The Kier molecular flexibility index (Phi) is 4.29. The van der Waals surface area contributed by atoms with Crippen LogP contribution < -0.4 is 5.69 Å². The Morgan fingerprint density at radius 2 is 1.33 bits per heavy atom. The second kappa shape index (κ2) is 7.00. The fourth-order valence-electron chi connectivity index (χ4n) is 3.92. The molecular formula is C23H16ClN3O3. The van der Waals surface area contributed by atoms with Crippen LogP contribution in [-0.2, 0) is 6.54 Å². The standard InChI is InChI=1S/C23H16ClN3O3/c24-15-10-11-19-20(14-15)27(16-6-2-1-3-7-16)23(30)25(19)12-13-26-21(28)17-8-4-5-9-18(17)22(26)29/h1-11,14H,12-13H2. The maximum atomic E-state index is 13.3. The van der Waals surface area contributed by atoms with Crippen LogP contribution in [0.5, 0.6) is 0 Å². The predicted molar refractivity (Wildman–Crippen MR) is 114 cm³/mol. The molecule has 6 nitrogen and oxygen atoms in total. The zero-order chi connectivity index (χ0) is 20.8. The minimum absolute atomic E-state index is 0.1000. The van der Waals surface area contributed by atoms with E-state index in [1.807, 2.05) is 30.3 Å². The molecule has 0 bridgehead atoms. The number of benzene rings is 3. The molecule has 2 heterocycles. The van der Waals surface area contributed by atoms with Crippen LogP contribution in [0.4, 0.5) is 0 Å². The fraction of sp³-hybridized carbons (Fsp3) is 0.0870. The van der Waals surface area contributed by atoms with Crippen molar-refractivity contribution in [1.29, 1.82) is 0 Å². The van der Waals surface area contributed by atoms with Crippen LogP contribution in [0.25, 0.3) is 16.7 Å². The first-order chi connectivity index (χ1) is 14.6. The first-order valence-electron chi connectivity index (χ1n) is 9.48. The molecular weight excluding hydrogens is 402 g/mol. The van der Waals surface area contributed by atoms with Gasteiger partial charge in [0.15, 0.2) is 0 Å². The number of imide groups is 1. The Morgan fingerprint density at radius 3 is 2.00 bits per heavy atom. The van der Waals surface area contributed by atoms with Crippen molar-refractivity contribution in [2.45, 2.75) is 6.54 Å². The third-order valence-corrected chi connectivity index (χ3v) is 5.57. The van der Waals surface area contributed by atoms with Crippen LogP contribution in [0.15, 0.2) is 77.6 Å². The number of halogens is 1. The van der Waals surface area contributed by atoms with Crippen LogP contribution >= 0.6 is 11.6 Å². The molecule has 0 atom stereocenters. The summed E-state index contributed by atoms with van der Waals surface area (Å²) in [7, 11) is 0. The third kappa shape index (κ3) is 2.76. The Balaban J connectivity index is 1.55. The van der Waals surface area contributed by atoms with Crippen molar-refractivity contribution >= 4 is 34.4 Å². The number of aromatic nitrogens is 2. The molecule has 7 heteroatoms. The molecule has 1 aliphatic heterocycles. The summed E-state index contributed by atoms with van der Waals surface area (Å²) in [5.41, 5.74) is 2.61. The minimum atomic E-state index is -0.335. The van der Waals surface area contributed by atoms with Gasteiger partial charge < -0.3 is 0 Å². The summed E-state index contributed by atoms with van der Waals surface area (Å²) < 4.78 is 3.16. The van der Waals surface area contributed by atoms with Crippen molar-refractivity contribution in [3.05, 3.63) is 99.4 Å². The molecule has 0 spiro atoms. The number of hydrogen-bond donors (Lipinski definition) is 0. The monoisotopic (exact) mass is 417 g/mol. The molecule has 1 aliphatic rings. The van der Waals surface area contributed by atoms with Gasteiger partial charge in [-0.05, 0) is 42.5 Å². The Labute approximate surface area is 176 Å². The smallest absolute Gasteiger partial charge is 0.290 e. The van der Waals surface area contributed by atoms with Gasteiger partial charge in [0.2, 0.25) is 0 Å². The summed E-state index contributed by atoms with van der Waals surface area (Å²) in [4.78, 5) is 39.8. The quantitative estimate of drug-likeness (QED) is 0.475. The number of carbonyl (C=O) groups is 2. The number of carbonyl (C=O) groups excluding carboxylic acids is 2. The highest BCUT2D eigenvalue weighted by Crippen LogP contribution is 2.24. The van der Waals surface area contributed by atoms with E-state index in [0.29, 0.717) is 32.9 Å². The van der Waals surface area contributed by atoms with Crippen molar-refractivity contribution < 1.29 is 9.59 Å².